The van der Waals surface area contributed by atoms with Gasteiger partial charge in [0.1, 0.15) is 0 Å². The number of nitrogens with one attached hydrogen (secondary N) is 1. The minimum atomic E-state index is 0.253. The van der Waals surface area contributed by atoms with Gasteiger partial charge < -0.3 is 5.32 Å². The van der Waals surface area contributed by atoms with E-state index in [0.29, 0.717) is 18.4 Å². The van der Waals surface area contributed by atoms with E-state index in [1.54, 1.807) is 0 Å². The molecule has 2 unspecified atom stereocenters. The van der Waals surface area contributed by atoms with E-state index in [0.717, 1.165) is 12.2 Å². The van der Waals surface area contributed by atoms with Crippen LogP contribution in [0.15, 0.2) is 0 Å². The molecular formula is C12H23NOS. The van der Waals surface area contributed by atoms with E-state index in [-0.39, 0.29) is 5.91 Å². The van der Waals surface area contributed by atoms with Crippen molar-refractivity contribution in [1.29, 1.82) is 0 Å². The summed E-state index contributed by atoms with van der Waals surface area (Å²) in [5, 5.41) is 3.18. The van der Waals surface area contributed by atoms with Crippen molar-refractivity contribution in [1.82, 2.24) is 5.32 Å². The number of carbonyl (C=O) groups is 1. The first-order chi connectivity index (χ1) is 7.24. The third-order valence-corrected chi connectivity index (χ3v) is 3.91. The Balaban J connectivity index is 2.18. The number of amides is 1. The van der Waals surface area contributed by atoms with Crippen molar-refractivity contribution in [2.45, 2.75) is 51.5 Å². The van der Waals surface area contributed by atoms with Crippen LogP contribution < -0.4 is 5.32 Å². The Morgan fingerprint density at radius 2 is 2.13 bits per heavy atom. The van der Waals surface area contributed by atoms with E-state index >= 15 is 0 Å². The Morgan fingerprint density at radius 1 is 1.40 bits per heavy atom. The zero-order valence-electron chi connectivity index (χ0n) is 9.92. The molecule has 1 N–H and O–H groups in total. The molecule has 1 aliphatic rings. The first-order valence-electron chi connectivity index (χ1n) is 6.02. The third kappa shape index (κ3) is 4.92. The summed E-state index contributed by atoms with van der Waals surface area (Å²) in [5.74, 6) is 2.01. The number of thioether (sulfide) groups is 1. The predicted molar refractivity (Wildman–Crippen MR) is 67.2 cm³/mol. The van der Waals surface area contributed by atoms with Crippen LogP contribution in [0.5, 0.6) is 0 Å². The maximum Gasteiger partial charge on any atom is 0.220 e. The molecule has 0 aromatic heterocycles. The molecule has 2 atom stereocenters. The molecule has 88 valence electrons. The van der Waals surface area contributed by atoms with Crippen LogP contribution in [0.2, 0.25) is 0 Å². The Labute approximate surface area is 97.6 Å². The van der Waals surface area contributed by atoms with Crippen molar-refractivity contribution in [2.75, 3.05) is 12.0 Å². The van der Waals surface area contributed by atoms with Gasteiger partial charge in [0.2, 0.25) is 5.91 Å². The molecule has 1 amide bonds. The number of hydrogen-bond donors (Lipinski definition) is 1. The van der Waals surface area contributed by atoms with Gasteiger partial charge in [-0.05, 0) is 37.2 Å². The zero-order valence-corrected chi connectivity index (χ0v) is 10.7. The minimum Gasteiger partial charge on any atom is -0.353 e. The molecule has 2 nitrogen and oxygen atoms in total. The average Bonchev–Trinajstić information content (AvgIpc) is 2.22. The SMILES string of the molecule is CSCCCC(=O)NC1CCCCC1C. The van der Waals surface area contributed by atoms with Gasteiger partial charge in [0, 0.05) is 12.5 Å². The van der Waals surface area contributed by atoms with Gasteiger partial charge >= 0.3 is 0 Å². The lowest BCUT2D eigenvalue weighted by Crippen LogP contribution is -2.40. The molecule has 1 aliphatic carbocycles. The molecule has 3 heteroatoms. The van der Waals surface area contributed by atoms with Crippen LogP contribution in [-0.2, 0) is 4.79 Å². The summed E-state index contributed by atoms with van der Waals surface area (Å²) < 4.78 is 0. The maximum atomic E-state index is 11.6. The predicted octanol–water partition coefficient (Wildman–Crippen LogP) is 2.82. The molecule has 0 aromatic rings. The van der Waals surface area contributed by atoms with Crippen LogP contribution in [0.3, 0.4) is 0 Å². The van der Waals surface area contributed by atoms with Crippen LogP contribution >= 0.6 is 11.8 Å². The lowest BCUT2D eigenvalue weighted by Gasteiger charge is -2.29. The zero-order chi connectivity index (χ0) is 11.1. The average molecular weight is 229 g/mol. The van der Waals surface area contributed by atoms with Crippen molar-refractivity contribution in [3.8, 4) is 0 Å². The summed E-state index contributed by atoms with van der Waals surface area (Å²) in [6.45, 7) is 2.26. The largest absolute Gasteiger partial charge is 0.353 e. The molecule has 0 radical (unpaired) electrons. The fraction of sp³-hybridized carbons (Fsp3) is 0.917. The fourth-order valence-corrected chi connectivity index (χ4v) is 2.62. The molecule has 1 rings (SSSR count). The van der Waals surface area contributed by atoms with E-state index in [4.69, 9.17) is 0 Å². The van der Waals surface area contributed by atoms with Crippen molar-refractivity contribution in [3.05, 3.63) is 0 Å². The van der Waals surface area contributed by atoms with E-state index in [1.165, 1.54) is 25.7 Å². The highest BCUT2D eigenvalue weighted by Gasteiger charge is 2.22. The minimum absolute atomic E-state index is 0.253. The monoisotopic (exact) mass is 229 g/mol. The maximum absolute atomic E-state index is 11.6. The van der Waals surface area contributed by atoms with Gasteiger partial charge in [-0.15, -0.1) is 0 Å². The van der Waals surface area contributed by atoms with E-state index in [2.05, 4.69) is 18.5 Å². The van der Waals surface area contributed by atoms with Crippen molar-refractivity contribution in [3.63, 3.8) is 0 Å². The second-order valence-electron chi connectivity index (χ2n) is 4.53. The molecule has 0 aliphatic heterocycles. The molecule has 0 saturated heterocycles. The highest BCUT2D eigenvalue weighted by Crippen LogP contribution is 2.23. The van der Waals surface area contributed by atoms with Crippen molar-refractivity contribution in [2.24, 2.45) is 5.92 Å². The van der Waals surface area contributed by atoms with Gasteiger partial charge in [0.25, 0.3) is 0 Å². The third-order valence-electron chi connectivity index (χ3n) is 3.21. The molecule has 1 fully saturated rings. The highest BCUT2D eigenvalue weighted by atomic mass is 32.2. The smallest absolute Gasteiger partial charge is 0.220 e. The normalized spacial score (nSPS) is 26.3. The molecule has 0 spiro atoms. The number of rotatable bonds is 5. The first-order valence-corrected chi connectivity index (χ1v) is 7.41. The first kappa shape index (κ1) is 12.9. The van der Waals surface area contributed by atoms with Gasteiger partial charge in [0.15, 0.2) is 0 Å². The van der Waals surface area contributed by atoms with Crippen molar-refractivity contribution < 1.29 is 4.79 Å². The highest BCUT2D eigenvalue weighted by molar-refractivity contribution is 7.98. The van der Waals surface area contributed by atoms with E-state index in [1.807, 2.05) is 11.8 Å². The van der Waals surface area contributed by atoms with Crippen LogP contribution in [0.25, 0.3) is 0 Å². The van der Waals surface area contributed by atoms with Gasteiger partial charge in [-0.3, -0.25) is 4.79 Å². The number of carbonyl (C=O) groups excluding carboxylic acids is 1. The Kier molecular flexibility index (Phi) is 6.15. The van der Waals surface area contributed by atoms with Crippen molar-refractivity contribution >= 4 is 17.7 Å². The quantitative estimate of drug-likeness (QED) is 0.735. The summed E-state index contributed by atoms with van der Waals surface area (Å²) in [7, 11) is 0. The van der Waals surface area contributed by atoms with Crippen LogP contribution in [0.1, 0.15) is 45.4 Å². The van der Waals surface area contributed by atoms with Gasteiger partial charge in [0.05, 0.1) is 0 Å². The summed E-state index contributed by atoms with van der Waals surface area (Å²) in [6.07, 6.45) is 8.85. The van der Waals surface area contributed by atoms with Crippen LogP contribution in [-0.4, -0.2) is 24.0 Å². The van der Waals surface area contributed by atoms with E-state index in [9.17, 15) is 4.79 Å². The summed E-state index contributed by atoms with van der Waals surface area (Å²) in [5.41, 5.74) is 0. The van der Waals surface area contributed by atoms with Gasteiger partial charge in [-0.2, -0.15) is 11.8 Å². The van der Waals surface area contributed by atoms with Gasteiger partial charge in [-0.25, -0.2) is 0 Å². The Morgan fingerprint density at radius 3 is 2.80 bits per heavy atom. The standard InChI is InChI=1S/C12H23NOS/c1-10-6-3-4-7-11(10)13-12(14)8-5-9-15-2/h10-11H,3-9H2,1-2H3,(H,13,14). The number of hydrogen-bond acceptors (Lipinski definition) is 2. The molecule has 15 heavy (non-hydrogen) atoms. The lowest BCUT2D eigenvalue weighted by atomic mass is 9.86. The Bertz CT molecular complexity index is 196. The fourth-order valence-electron chi connectivity index (χ4n) is 2.19. The molecule has 1 saturated carbocycles. The molecule has 0 heterocycles. The summed E-state index contributed by atoms with van der Waals surface area (Å²) in [6, 6.07) is 0.445. The molecular weight excluding hydrogens is 206 g/mol. The topological polar surface area (TPSA) is 29.1 Å². The van der Waals surface area contributed by atoms with Gasteiger partial charge in [-0.1, -0.05) is 19.8 Å². The second-order valence-corrected chi connectivity index (χ2v) is 5.52. The van der Waals surface area contributed by atoms with Crippen LogP contribution in [0, 0.1) is 5.92 Å². The lowest BCUT2D eigenvalue weighted by molar-refractivity contribution is -0.122. The van der Waals surface area contributed by atoms with E-state index < -0.39 is 0 Å². The summed E-state index contributed by atoms with van der Waals surface area (Å²) in [4.78, 5) is 11.6. The summed E-state index contributed by atoms with van der Waals surface area (Å²) >= 11 is 1.81. The molecule has 0 aromatic carbocycles. The molecule has 0 bridgehead atoms. The second kappa shape index (κ2) is 7.15. The van der Waals surface area contributed by atoms with Crippen LogP contribution in [0.4, 0.5) is 0 Å². The Hall–Kier alpha value is -0.180.